The lowest BCUT2D eigenvalue weighted by atomic mass is 10.0. The van der Waals surface area contributed by atoms with Crippen molar-refractivity contribution < 1.29 is 9.90 Å². The van der Waals surface area contributed by atoms with E-state index in [0.29, 0.717) is 15.8 Å². The minimum Gasteiger partial charge on any atom is -0.480 e. The second-order valence-corrected chi connectivity index (χ2v) is 8.11. The fraction of sp³-hybridized carbons (Fsp3) is 0.136. The van der Waals surface area contributed by atoms with E-state index in [9.17, 15) is 19.5 Å². The topological polar surface area (TPSA) is 92.2 Å². The lowest BCUT2D eigenvalue weighted by molar-refractivity contribution is -0.146. The number of carboxylic acid groups (broad SMARTS) is 1. The van der Waals surface area contributed by atoms with E-state index in [1.807, 2.05) is 54.6 Å². The Bertz CT molecular complexity index is 1330. The smallest absolute Gasteiger partial charge is 0.330 e. The van der Waals surface area contributed by atoms with Crippen molar-refractivity contribution in [1.29, 1.82) is 0 Å². The molecule has 7 heteroatoms. The molecule has 4 aromatic rings. The molecule has 29 heavy (non-hydrogen) atoms. The van der Waals surface area contributed by atoms with Gasteiger partial charge in [0.1, 0.15) is 10.4 Å². The van der Waals surface area contributed by atoms with Crippen molar-refractivity contribution in [3.63, 3.8) is 0 Å². The summed E-state index contributed by atoms with van der Waals surface area (Å²) >= 11 is 1.25. The van der Waals surface area contributed by atoms with Crippen LogP contribution < -0.4 is 11.2 Å². The molecule has 0 fully saturated rings. The zero-order chi connectivity index (χ0) is 20.8. The highest BCUT2D eigenvalue weighted by atomic mass is 32.1. The second kappa shape index (κ2) is 6.86. The largest absolute Gasteiger partial charge is 0.480 e. The molecule has 0 unspecified atom stereocenters. The third-order valence-electron chi connectivity index (χ3n) is 5.02. The SMILES string of the molecule is CC(C)(C(=O)O)n1c(=O)[nH]c2scc(-c3ccc(-c4ccccc4)cc3)c2c1=O. The van der Waals surface area contributed by atoms with Crippen molar-refractivity contribution in [3.8, 4) is 22.3 Å². The van der Waals surface area contributed by atoms with Crippen LogP contribution >= 0.6 is 11.3 Å². The number of nitrogens with zero attached hydrogens (tertiary/aromatic N) is 1. The summed E-state index contributed by atoms with van der Waals surface area (Å²) in [5.41, 5.74) is 0.605. The number of carbonyl (C=O) groups is 1. The van der Waals surface area contributed by atoms with Crippen molar-refractivity contribution in [2.45, 2.75) is 19.4 Å². The molecule has 0 aliphatic rings. The quantitative estimate of drug-likeness (QED) is 0.538. The van der Waals surface area contributed by atoms with Crippen molar-refractivity contribution in [1.82, 2.24) is 9.55 Å². The first kappa shape index (κ1) is 18.9. The molecule has 2 aromatic carbocycles. The van der Waals surface area contributed by atoms with Crippen LogP contribution in [0.3, 0.4) is 0 Å². The Hall–Kier alpha value is -3.45. The van der Waals surface area contributed by atoms with Gasteiger partial charge in [0.25, 0.3) is 5.56 Å². The van der Waals surface area contributed by atoms with Gasteiger partial charge in [-0.2, -0.15) is 0 Å². The molecule has 0 radical (unpaired) electrons. The molecular formula is C22H18N2O4S. The predicted octanol–water partition coefficient (Wildman–Crippen LogP) is 3.91. The minimum absolute atomic E-state index is 0.316. The summed E-state index contributed by atoms with van der Waals surface area (Å²) < 4.78 is 0.770. The molecule has 0 aliphatic heterocycles. The Morgan fingerprint density at radius 2 is 1.55 bits per heavy atom. The average Bonchev–Trinajstić information content (AvgIpc) is 3.12. The van der Waals surface area contributed by atoms with Crippen LogP contribution in [0.5, 0.6) is 0 Å². The molecule has 0 saturated heterocycles. The highest BCUT2D eigenvalue weighted by Gasteiger charge is 2.33. The second-order valence-electron chi connectivity index (χ2n) is 7.23. The fourth-order valence-electron chi connectivity index (χ4n) is 3.31. The number of aliphatic carboxylic acids is 1. The Labute approximate surface area is 169 Å². The standard InChI is InChI=1S/C22H18N2O4S/c1-22(2,20(26)27)24-19(25)17-16(12-29-18(17)23-21(24)28)15-10-8-14(9-11-15)13-6-4-3-5-7-13/h3-12H,1-2H3,(H,23,28)(H,26,27). The molecular weight excluding hydrogens is 388 g/mol. The van der Waals surface area contributed by atoms with Gasteiger partial charge in [0.15, 0.2) is 0 Å². The van der Waals surface area contributed by atoms with E-state index in [0.717, 1.165) is 21.3 Å². The Morgan fingerprint density at radius 3 is 2.17 bits per heavy atom. The van der Waals surface area contributed by atoms with Crippen LogP contribution in [0.2, 0.25) is 0 Å². The number of carboxylic acids is 1. The molecule has 2 N–H and O–H groups in total. The first-order valence-electron chi connectivity index (χ1n) is 8.97. The molecule has 0 spiro atoms. The normalized spacial score (nSPS) is 11.7. The molecule has 0 atom stereocenters. The predicted molar refractivity (Wildman–Crippen MR) is 115 cm³/mol. The number of aromatic nitrogens is 2. The van der Waals surface area contributed by atoms with E-state index >= 15 is 0 Å². The first-order valence-corrected chi connectivity index (χ1v) is 9.85. The number of aromatic amines is 1. The van der Waals surface area contributed by atoms with Crippen LogP contribution in [0.25, 0.3) is 32.5 Å². The van der Waals surface area contributed by atoms with Gasteiger partial charge in [-0.15, -0.1) is 11.3 Å². The Balaban J connectivity index is 1.89. The lowest BCUT2D eigenvalue weighted by Gasteiger charge is -2.21. The van der Waals surface area contributed by atoms with Crippen LogP contribution in [0.1, 0.15) is 13.8 Å². The fourth-order valence-corrected chi connectivity index (χ4v) is 4.26. The summed E-state index contributed by atoms with van der Waals surface area (Å²) in [6.45, 7) is 2.66. The maximum Gasteiger partial charge on any atom is 0.330 e. The van der Waals surface area contributed by atoms with Gasteiger partial charge in [0.05, 0.1) is 5.39 Å². The van der Waals surface area contributed by atoms with Crippen molar-refractivity contribution >= 4 is 27.5 Å². The van der Waals surface area contributed by atoms with Gasteiger partial charge in [-0.1, -0.05) is 54.6 Å². The van der Waals surface area contributed by atoms with Gasteiger partial charge in [-0.3, -0.25) is 9.78 Å². The number of hydrogen-bond donors (Lipinski definition) is 2. The first-order chi connectivity index (χ1) is 13.8. The van der Waals surface area contributed by atoms with Gasteiger partial charge in [-0.25, -0.2) is 14.2 Å². The van der Waals surface area contributed by atoms with Gasteiger partial charge < -0.3 is 5.11 Å². The van der Waals surface area contributed by atoms with E-state index in [1.165, 1.54) is 25.2 Å². The number of hydrogen-bond acceptors (Lipinski definition) is 4. The van der Waals surface area contributed by atoms with Crippen LogP contribution in [-0.4, -0.2) is 20.6 Å². The molecule has 2 aromatic heterocycles. The van der Waals surface area contributed by atoms with Crippen molar-refractivity contribution in [2.24, 2.45) is 0 Å². The molecule has 146 valence electrons. The maximum absolute atomic E-state index is 13.1. The lowest BCUT2D eigenvalue weighted by Crippen LogP contribution is -2.50. The van der Waals surface area contributed by atoms with Crippen molar-refractivity contribution in [3.05, 3.63) is 80.8 Å². The summed E-state index contributed by atoms with van der Waals surface area (Å²) in [7, 11) is 0. The zero-order valence-corrected chi connectivity index (χ0v) is 16.6. The highest BCUT2D eigenvalue weighted by Crippen LogP contribution is 2.32. The summed E-state index contributed by atoms with van der Waals surface area (Å²) in [5.74, 6) is -1.26. The monoisotopic (exact) mass is 406 g/mol. The van der Waals surface area contributed by atoms with Crippen LogP contribution in [0.15, 0.2) is 69.6 Å². The van der Waals surface area contributed by atoms with Gasteiger partial charge in [-0.05, 0) is 30.5 Å². The molecule has 4 rings (SSSR count). The van der Waals surface area contributed by atoms with E-state index < -0.39 is 22.8 Å². The minimum atomic E-state index is -1.67. The molecule has 2 heterocycles. The molecule has 0 amide bonds. The van der Waals surface area contributed by atoms with Crippen molar-refractivity contribution in [2.75, 3.05) is 0 Å². The summed E-state index contributed by atoms with van der Waals surface area (Å²) in [5, 5.41) is 11.6. The molecule has 0 bridgehead atoms. The Kier molecular flexibility index (Phi) is 4.47. The molecule has 0 saturated carbocycles. The van der Waals surface area contributed by atoms with E-state index in [-0.39, 0.29) is 0 Å². The van der Waals surface area contributed by atoms with Crippen LogP contribution in [0.4, 0.5) is 0 Å². The van der Waals surface area contributed by atoms with Crippen LogP contribution in [-0.2, 0) is 10.3 Å². The summed E-state index contributed by atoms with van der Waals surface area (Å²) in [4.78, 5) is 40.2. The van der Waals surface area contributed by atoms with Gasteiger partial charge in [0.2, 0.25) is 0 Å². The van der Waals surface area contributed by atoms with E-state index in [1.54, 1.807) is 5.38 Å². The number of thiophene rings is 1. The number of fused-ring (bicyclic) bond motifs is 1. The third kappa shape index (κ3) is 3.09. The van der Waals surface area contributed by atoms with E-state index in [4.69, 9.17) is 0 Å². The summed E-state index contributed by atoms with van der Waals surface area (Å²) in [6.07, 6.45) is 0. The Morgan fingerprint density at radius 1 is 0.966 bits per heavy atom. The number of H-pyrrole nitrogens is 1. The van der Waals surface area contributed by atoms with Gasteiger partial charge in [0, 0.05) is 10.9 Å². The maximum atomic E-state index is 13.1. The number of nitrogens with one attached hydrogen (secondary N) is 1. The number of rotatable bonds is 4. The highest BCUT2D eigenvalue weighted by molar-refractivity contribution is 7.17. The average molecular weight is 406 g/mol. The third-order valence-corrected chi connectivity index (χ3v) is 5.91. The molecule has 6 nitrogen and oxygen atoms in total. The van der Waals surface area contributed by atoms with Gasteiger partial charge >= 0.3 is 11.7 Å². The van der Waals surface area contributed by atoms with E-state index in [2.05, 4.69) is 4.98 Å². The summed E-state index contributed by atoms with van der Waals surface area (Å²) in [6, 6.07) is 17.7. The zero-order valence-electron chi connectivity index (χ0n) is 15.8. The number of benzene rings is 2. The molecule has 0 aliphatic carbocycles. The van der Waals surface area contributed by atoms with Crippen LogP contribution in [0, 0.1) is 0 Å².